The van der Waals surface area contributed by atoms with Gasteiger partial charge in [0.1, 0.15) is 0 Å². The maximum atomic E-state index is 10.8. The lowest BCUT2D eigenvalue weighted by Gasteiger charge is -2.09. The highest BCUT2D eigenvalue weighted by molar-refractivity contribution is 7.10. The van der Waals surface area contributed by atoms with E-state index in [1.165, 1.54) is 6.92 Å². The third-order valence-corrected chi connectivity index (χ3v) is 1.44. The van der Waals surface area contributed by atoms with Gasteiger partial charge in [-0.1, -0.05) is 6.92 Å². The largest absolute Gasteiger partial charge is 0.451 e. The molecule has 0 aliphatic rings. The summed E-state index contributed by atoms with van der Waals surface area (Å²) in [6.07, 6.45) is 0.220. The molecule has 0 bridgehead atoms. The highest BCUT2D eigenvalue weighted by atomic mass is 31.0. The zero-order chi connectivity index (χ0) is 9.56. The van der Waals surface area contributed by atoms with E-state index in [2.05, 4.69) is 4.52 Å². The minimum atomic E-state index is -0.818. The lowest BCUT2D eigenvalue weighted by molar-refractivity contribution is -0.160. The molecule has 0 aromatic carbocycles. The van der Waals surface area contributed by atoms with Crippen molar-refractivity contribution in [2.45, 2.75) is 32.8 Å². The molecule has 1 unspecified atom stereocenters. The van der Waals surface area contributed by atoms with E-state index < -0.39 is 12.1 Å². The van der Waals surface area contributed by atoms with Crippen molar-refractivity contribution >= 4 is 21.4 Å². The van der Waals surface area contributed by atoms with Gasteiger partial charge in [0.25, 0.3) is 0 Å². The van der Waals surface area contributed by atoms with Crippen LogP contribution in [0.15, 0.2) is 0 Å². The van der Waals surface area contributed by atoms with E-state index in [9.17, 15) is 9.59 Å². The summed E-state index contributed by atoms with van der Waals surface area (Å²) < 4.78 is 9.01. The number of hydrogen-bond acceptors (Lipinski definition) is 4. The van der Waals surface area contributed by atoms with Gasteiger partial charge in [0.15, 0.2) is 6.10 Å². The number of hydrogen-bond donors (Lipinski definition) is 0. The molecule has 0 heterocycles. The quantitative estimate of drug-likeness (QED) is 0.493. The van der Waals surface area contributed by atoms with Crippen molar-refractivity contribution < 1.29 is 18.8 Å². The first kappa shape index (κ1) is 11.4. The zero-order valence-corrected chi connectivity index (χ0v) is 8.36. The molecule has 70 valence electrons. The molecule has 0 aliphatic carbocycles. The molecule has 0 aromatic heterocycles. The minimum absolute atomic E-state index is 0.328. The van der Waals surface area contributed by atoms with Crippen molar-refractivity contribution in [3.8, 4) is 0 Å². The van der Waals surface area contributed by atoms with Crippen LogP contribution in [0.1, 0.15) is 26.7 Å². The van der Waals surface area contributed by atoms with Crippen LogP contribution in [0.2, 0.25) is 0 Å². The smallest absolute Gasteiger partial charge is 0.349 e. The fourth-order valence-corrected chi connectivity index (χ4v) is 0.796. The van der Waals surface area contributed by atoms with Gasteiger partial charge in [-0.3, -0.25) is 4.79 Å². The van der Waals surface area contributed by atoms with Crippen molar-refractivity contribution in [3.63, 3.8) is 0 Å². The lowest BCUT2D eigenvalue weighted by Crippen LogP contribution is -2.23. The van der Waals surface area contributed by atoms with Crippen LogP contribution in [-0.2, 0) is 18.8 Å². The van der Waals surface area contributed by atoms with Gasteiger partial charge in [0.2, 0.25) is 0 Å². The average Bonchev–Trinajstić information content (AvgIpc) is 2.03. The number of carbonyl (C=O) groups excluding carboxylic acids is 2. The SMILES string of the molecule is CCCC(=O)O[C@@H](C)C(=O)OP. The van der Waals surface area contributed by atoms with Crippen LogP contribution in [0.5, 0.6) is 0 Å². The van der Waals surface area contributed by atoms with Gasteiger partial charge >= 0.3 is 11.9 Å². The molecular formula is C7H13O4P. The molecule has 5 heteroatoms. The standard InChI is InChI=1S/C7H13O4P/c1-3-4-6(8)10-5(2)7(9)11-12/h5H,3-4,12H2,1-2H3/t5-/m0/s1. The fraction of sp³-hybridized carbons (Fsp3) is 0.714. The molecule has 0 aliphatic heterocycles. The Morgan fingerprint density at radius 1 is 1.50 bits per heavy atom. The van der Waals surface area contributed by atoms with E-state index >= 15 is 0 Å². The van der Waals surface area contributed by atoms with E-state index in [-0.39, 0.29) is 5.97 Å². The van der Waals surface area contributed by atoms with E-state index in [0.29, 0.717) is 12.8 Å². The molecule has 0 saturated carbocycles. The summed E-state index contributed by atoms with van der Waals surface area (Å²) in [7, 11) is 1.81. The highest BCUT2D eigenvalue weighted by Gasteiger charge is 2.16. The second-order valence-electron chi connectivity index (χ2n) is 2.32. The third-order valence-electron chi connectivity index (χ3n) is 1.21. The molecule has 0 rings (SSSR count). The van der Waals surface area contributed by atoms with Gasteiger partial charge in [-0.25, -0.2) is 4.79 Å². The van der Waals surface area contributed by atoms with E-state index in [0.717, 1.165) is 0 Å². The molecule has 0 amide bonds. The van der Waals surface area contributed by atoms with Crippen LogP contribution >= 0.6 is 9.47 Å². The van der Waals surface area contributed by atoms with Gasteiger partial charge in [-0.05, 0) is 13.3 Å². The summed E-state index contributed by atoms with van der Waals surface area (Å²) >= 11 is 0. The van der Waals surface area contributed by atoms with Crippen molar-refractivity contribution in [2.24, 2.45) is 0 Å². The van der Waals surface area contributed by atoms with Crippen molar-refractivity contribution in [3.05, 3.63) is 0 Å². The lowest BCUT2D eigenvalue weighted by atomic mass is 10.3. The van der Waals surface area contributed by atoms with E-state index in [1.54, 1.807) is 0 Å². The molecular weight excluding hydrogens is 179 g/mol. The second-order valence-corrected chi connectivity index (χ2v) is 2.55. The van der Waals surface area contributed by atoms with Gasteiger partial charge in [-0.15, -0.1) is 0 Å². The topological polar surface area (TPSA) is 52.6 Å². The first-order chi connectivity index (χ1) is 5.61. The van der Waals surface area contributed by atoms with Crippen LogP contribution in [0, 0.1) is 0 Å². The second kappa shape index (κ2) is 5.95. The van der Waals surface area contributed by atoms with Crippen LogP contribution in [0.4, 0.5) is 0 Å². The summed E-state index contributed by atoms with van der Waals surface area (Å²) in [4.78, 5) is 21.6. The van der Waals surface area contributed by atoms with Gasteiger partial charge in [0.05, 0.1) is 9.47 Å². The molecule has 0 aromatic rings. The molecule has 2 atom stereocenters. The molecule has 0 fully saturated rings. The predicted octanol–water partition coefficient (Wildman–Crippen LogP) is 1.05. The van der Waals surface area contributed by atoms with Crippen LogP contribution in [0.3, 0.4) is 0 Å². The number of carbonyl (C=O) groups is 2. The molecule has 0 spiro atoms. The minimum Gasteiger partial charge on any atom is -0.451 e. The Balaban J connectivity index is 3.75. The molecule has 0 saturated heterocycles. The Labute approximate surface area is 73.9 Å². The van der Waals surface area contributed by atoms with Gasteiger partial charge in [-0.2, -0.15) is 0 Å². The van der Waals surface area contributed by atoms with Crippen molar-refractivity contribution in [2.75, 3.05) is 0 Å². The molecule has 4 nitrogen and oxygen atoms in total. The maximum Gasteiger partial charge on any atom is 0.349 e. The van der Waals surface area contributed by atoms with Crippen LogP contribution in [-0.4, -0.2) is 18.0 Å². The Hall–Kier alpha value is -0.630. The first-order valence-corrected chi connectivity index (χ1v) is 4.19. The number of ether oxygens (including phenoxy) is 1. The zero-order valence-electron chi connectivity index (χ0n) is 7.20. The predicted molar refractivity (Wildman–Crippen MR) is 46.3 cm³/mol. The van der Waals surface area contributed by atoms with E-state index in [1.807, 2.05) is 16.4 Å². The average molecular weight is 192 g/mol. The summed E-state index contributed by atoms with van der Waals surface area (Å²) in [6, 6.07) is 0. The van der Waals surface area contributed by atoms with Crippen LogP contribution < -0.4 is 0 Å². The first-order valence-electron chi connectivity index (χ1n) is 3.71. The summed E-state index contributed by atoms with van der Waals surface area (Å²) in [5, 5.41) is 0. The summed E-state index contributed by atoms with van der Waals surface area (Å²) in [5.41, 5.74) is 0. The maximum absolute atomic E-state index is 10.8. The Morgan fingerprint density at radius 3 is 2.50 bits per heavy atom. The molecule has 0 N–H and O–H groups in total. The molecule has 12 heavy (non-hydrogen) atoms. The van der Waals surface area contributed by atoms with Crippen molar-refractivity contribution in [1.82, 2.24) is 0 Å². The third kappa shape index (κ3) is 4.29. The monoisotopic (exact) mass is 192 g/mol. The number of esters is 1. The number of rotatable bonds is 4. The normalized spacial score (nSPS) is 11.9. The Morgan fingerprint density at radius 2 is 2.08 bits per heavy atom. The van der Waals surface area contributed by atoms with Gasteiger partial charge in [0, 0.05) is 6.42 Å². The Bertz CT molecular complexity index is 169. The summed E-state index contributed by atoms with van der Waals surface area (Å²) in [6.45, 7) is 3.33. The fourth-order valence-electron chi connectivity index (χ4n) is 0.604. The van der Waals surface area contributed by atoms with E-state index in [4.69, 9.17) is 4.74 Å². The van der Waals surface area contributed by atoms with Crippen molar-refractivity contribution in [1.29, 1.82) is 0 Å². The molecule has 0 radical (unpaired) electrons. The summed E-state index contributed by atoms with van der Waals surface area (Å²) in [5.74, 6) is -0.940. The highest BCUT2D eigenvalue weighted by Crippen LogP contribution is 2.01. The van der Waals surface area contributed by atoms with Crippen LogP contribution in [0.25, 0.3) is 0 Å². The van der Waals surface area contributed by atoms with Gasteiger partial charge < -0.3 is 9.26 Å². The Kier molecular flexibility index (Phi) is 5.64.